The molecule has 1 saturated carbocycles. The van der Waals surface area contributed by atoms with Crippen LogP contribution in [0.3, 0.4) is 0 Å². The summed E-state index contributed by atoms with van der Waals surface area (Å²) in [7, 11) is 0. The van der Waals surface area contributed by atoms with Crippen molar-refractivity contribution in [3.8, 4) is 0 Å². The van der Waals surface area contributed by atoms with Crippen molar-refractivity contribution in [2.75, 3.05) is 0 Å². The molecular weight excluding hydrogens is 162 g/mol. The van der Waals surface area contributed by atoms with Crippen LogP contribution < -0.4 is 5.73 Å². The molecule has 60 valence electrons. The van der Waals surface area contributed by atoms with Crippen molar-refractivity contribution < 1.29 is 0 Å². The van der Waals surface area contributed by atoms with Crippen molar-refractivity contribution in [1.82, 2.24) is 9.78 Å². The number of aromatic nitrogens is 2. The van der Waals surface area contributed by atoms with Gasteiger partial charge in [-0.3, -0.25) is 4.68 Å². The second-order valence-electron chi connectivity index (χ2n) is 2.84. The van der Waals surface area contributed by atoms with Crippen LogP contribution in [0.25, 0.3) is 0 Å². The van der Waals surface area contributed by atoms with Crippen LogP contribution in [-0.4, -0.2) is 9.78 Å². The maximum Gasteiger partial charge on any atom is 0.0946 e. The van der Waals surface area contributed by atoms with Crippen LogP contribution >= 0.6 is 11.6 Å². The zero-order valence-corrected chi connectivity index (χ0v) is 6.88. The Bertz CT molecular complexity index is 265. The molecule has 1 fully saturated rings. The molecule has 0 aromatic carbocycles. The Balaban J connectivity index is 2.28. The van der Waals surface area contributed by atoms with Gasteiger partial charge < -0.3 is 5.73 Å². The third-order valence-electron chi connectivity index (χ3n) is 1.87. The van der Waals surface area contributed by atoms with Gasteiger partial charge in [0.05, 0.1) is 16.8 Å². The van der Waals surface area contributed by atoms with E-state index in [9.17, 15) is 0 Å². The Morgan fingerprint density at radius 2 is 2.45 bits per heavy atom. The van der Waals surface area contributed by atoms with Crippen LogP contribution in [0, 0.1) is 0 Å². The van der Waals surface area contributed by atoms with Gasteiger partial charge in [0.25, 0.3) is 0 Å². The van der Waals surface area contributed by atoms with E-state index in [4.69, 9.17) is 17.3 Å². The first-order valence-electron chi connectivity index (χ1n) is 3.75. The molecule has 1 aromatic heterocycles. The summed E-state index contributed by atoms with van der Waals surface area (Å²) < 4.78 is 1.92. The van der Waals surface area contributed by atoms with Gasteiger partial charge in [0, 0.05) is 12.7 Å². The SMILES string of the molecule is NCc1nn(C2CC2)cc1Cl. The number of rotatable bonds is 2. The van der Waals surface area contributed by atoms with Gasteiger partial charge in [-0.25, -0.2) is 0 Å². The summed E-state index contributed by atoms with van der Waals surface area (Å²) in [5.41, 5.74) is 6.23. The summed E-state index contributed by atoms with van der Waals surface area (Å²) >= 11 is 5.85. The predicted molar refractivity (Wildman–Crippen MR) is 43.4 cm³/mol. The monoisotopic (exact) mass is 171 g/mol. The van der Waals surface area contributed by atoms with E-state index < -0.39 is 0 Å². The molecule has 1 aliphatic rings. The largest absolute Gasteiger partial charge is 0.325 e. The molecule has 0 unspecified atom stereocenters. The molecule has 0 aliphatic heterocycles. The van der Waals surface area contributed by atoms with Crippen molar-refractivity contribution in [2.45, 2.75) is 25.4 Å². The molecular formula is C7H10ClN3. The van der Waals surface area contributed by atoms with Gasteiger partial charge in [-0.15, -0.1) is 0 Å². The van der Waals surface area contributed by atoms with Gasteiger partial charge in [-0.05, 0) is 12.8 Å². The lowest BCUT2D eigenvalue weighted by atomic mass is 10.4. The average molecular weight is 172 g/mol. The molecule has 11 heavy (non-hydrogen) atoms. The fraction of sp³-hybridized carbons (Fsp3) is 0.571. The van der Waals surface area contributed by atoms with Crippen LogP contribution in [0.15, 0.2) is 6.20 Å². The number of nitrogens with zero attached hydrogens (tertiary/aromatic N) is 2. The van der Waals surface area contributed by atoms with E-state index in [1.807, 2.05) is 10.9 Å². The summed E-state index contributed by atoms with van der Waals surface area (Å²) in [6.07, 6.45) is 4.31. The maximum absolute atomic E-state index is 5.85. The van der Waals surface area contributed by atoms with E-state index in [1.54, 1.807) is 0 Å². The molecule has 0 radical (unpaired) electrons. The number of halogens is 1. The van der Waals surface area contributed by atoms with Gasteiger partial charge in [0.2, 0.25) is 0 Å². The Kier molecular flexibility index (Phi) is 1.62. The summed E-state index contributed by atoms with van der Waals surface area (Å²) in [4.78, 5) is 0. The highest BCUT2D eigenvalue weighted by atomic mass is 35.5. The average Bonchev–Trinajstić information content (AvgIpc) is 2.76. The zero-order chi connectivity index (χ0) is 7.84. The van der Waals surface area contributed by atoms with Crippen LogP contribution in [0.2, 0.25) is 5.02 Å². The van der Waals surface area contributed by atoms with Gasteiger partial charge in [0.1, 0.15) is 0 Å². The van der Waals surface area contributed by atoms with E-state index >= 15 is 0 Å². The maximum atomic E-state index is 5.85. The fourth-order valence-electron chi connectivity index (χ4n) is 1.07. The normalized spacial score (nSPS) is 17.3. The van der Waals surface area contributed by atoms with Gasteiger partial charge >= 0.3 is 0 Å². The Labute approximate surface area is 70.1 Å². The second kappa shape index (κ2) is 2.50. The summed E-state index contributed by atoms with van der Waals surface area (Å²) in [5, 5.41) is 4.94. The molecule has 3 nitrogen and oxygen atoms in total. The van der Waals surface area contributed by atoms with Crippen LogP contribution in [0.5, 0.6) is 0 Å². The first-order valence-corrected chi connectivity index (χ1v) is 4.12. The highest BCUT2D eigenvalue weighted by molar-refractivity contribution is 6.31. The molecule has 0 atom stereocenters. The van der Waals surface area contributed by atoms with E-state index in [1.165, 1.54) is 12.8 Å². The lowest BCUT2D eigenvalue weighted by Gasteiger charge is -1.92. The molecule has 1 heterocycles. The molecule has 0 saturated heterocycles. The molecule has 2 N–H and O–H groups in total. The summed E-state index contributed by atoms with van der Waals surface area (Å²) in [6.45, 7) is 0.429. The van der Waals surface area contributed by atoms with Crippen LogP contribution in [0.4, 0.5) is 0 Å². The van der Waals surface area contributed by atoms with Crippen LogP contribution in [-0.2, 0) is 6.54 Å². The minimum absolute atomic E-state index is 0.429. The summed E-state index contributed by atoms with van der Waals surface area (Å²) in [6, 6.07) is 0.591. The zero-order valence-electron chi connectivity index (χ0n) is 6.13. The predicted octanol–water partition coefficient (Wildman–Crippen LogP) is 1.33. The molecule has 4 heteroatoms. The molecule has 1 aliphatic carbocycles. The molecule has 2 rings (SSSR count). The van der Waals surface area contributed by atoms with Crippen molar-refractivity contribution in [1.29, 1.82) is 0 Å². The van der Waals surface area contributed by atoms with E-state index in [0.29, 0.717) is 17.6 Å². The third-order valence-corrected chi connectivity index (χ3v) is 2.19. The standard InChI is InChI=1S/C7H10ClN3/c8-6-4-11(5-1-2-5)10-7(6)3-9/h4-5H,1-3,9H2. The lowest BCUT2D eigenvalue weighted by Crippen LogP contribution is -2.00. The lowest BCUT2D eigenvalue weighted by molar-refractivity contribution is 0.630. The number of hydrogen-bond acceptors (Lipinski definition) is 2. The topological polar surface area (TPSA) is 43.8 Å². The fourth-order valence-corrected chi connectivity index (χ4v) is 1.29. The number of nitrogens with two attached hydrogens (primary N) is 1. The second-order valence-corrected chi connectivity index (χ2v) is 3.25. The minimum atomic E-state index is 0.429. The van der Waals surface area contributed by atoms with E-state index in [2.05, 4.69) is 5.10 Å². The van der Waals surface area contributed by atoms with E-state index in [0.717, 1.165) is 5.69 Å². The molecule has 1 aromatic rings. The first kappa shape index (κ1) is 7.13. The first-order chi connectivity index (χ1) is 5.31. The third kappa shape index (κ3) is 1.26. The van der Waals surface area contributed by atoms with Crippen molar-refractivity contribution in [3.63, 3.8) is 0 Å². The van der Waals surface area contributed by atoms with Gasteiger partial charge in [-0.2, -0.15) is 5.10 Å². The van der Waals surface area contributed by atoms with Crippen molar-refractivity contribution in [3.05, 3.63) is 16.9 Å². The van der Waals surface area contributed by atoms with Crippen molar-refractivity contribution >= 4 is 11.6 Å². The Hall–Kier alpha value is -0.540. The molecule has 0 amide bonds. The van der Waals surface area contributed by atoms with Gasteiger partial charge in [0.15, 0.2) is 0 Å². The smallest absolute Gasteiger partial charge is 0.0946 e. The minimum Gasteiger partial charge on any atom is -0.325 e. The van der Waals surface area contributed by atoms with E-state index in [-0.39, 0.29) is 0 Å². The molecule has 0 spiro atoms. The van der Waals surface area contributed by atoms with Gasteiger partial charge in [-0.1, -0.05) is 11.6 Å². The Morgan fingerprint density at radius 3 is 2.91 bits per heavy atom. The van der Waals surface area contributed by atoms with Crippen LogP contribution in [0.1, 0.15) is 24.6 Å². The molecule has 0 bridgehead atoms. The Morgan fingerprint density at radius 1 is 1.73 bits per heavy atom. The quantitative estimate of drug-likeness (QED) is 0.730. The highest BCUT2D eigenvalue weighted by Crippen LogP contribution is 2.35. The number of hydrogen-bond donors (Lipinski definition) is 1. The van der Waals surface area contributed by atoms with Crippen molar-refractivity contribution in [2.24, 2.45) is 5.73 Å². The summed E-state index contributed by atoms with van der Waals surface area (Å²) in [5.74, 6) is 0. The highest BCUT2D eigenvalue weighted by Gasteiger charge is 2.25.